The lowest BCUT2D eigenvalue weighted by atomic mass is 10.2. The molecule has 0 radical (unpaired) electrons. The highest BCUT2D eigenvalue weighted by molar-refractivity contribution is 5.89. The lowest BCUT2D eigenvalue weighted by Crippen LogP contribution is -2.53. The predicted molar refractivity (Wildman–Crippen MR) is 154 cm³/mol. The van der Waals surface area contributed by atoms with Crippen LogP contribution in [0.5, 0.6) is 11.5 Å². The zero-order chi connectivity index (χ0) is 29.4. The molecule has 0 unspecified atom stereocenters. The first-order chi connectivity index (χ1) is 20.3. The fraction of sp³-hybridized carbons (Fsp3) is 0.241. The number of piperazine rings is 1. The fourth-order valence-corrected chi connectivity index (χ4v) is 5.01. The average Bonchev–Trinajstić information content (AvgIpc) is 3.42. The van der Waals surface area contributed by atoms with Crippen LogP contribution in [0, 0.1) is 6.92 Å². The number of carbonyl (C=O) groups is 1. The quantitative estimate of drug-likeness (QED) is 0.262. The Labute approximate surface area is 239 Å². The van der Waals surface area contributed by atoms with E-state index in [-0.39, 0.29) is 17.6 Å². The number of amides is 1. The molecule has 1 N–H and O–H groups in total. The summed E-state index contributed by atoms with van der Waals surface area (Å²) in [7, 11) is 0. The molecule has 214 valence electrons. The molecule has 0 saturated carbocycles. The van der Waals surface area contributed by atoms with Gasteiger partial charge in [-0.1, -0.05) is 6.58 Å². The largest absolute Gasteiger partial charge is 0.455 e. The Morgan fingerprint density at radius 2 is 1.98 bits per heavy atom. The van der Waals surface area contributed by atoms with Crippen molar-refractivity contribution in [2.24, 2.45) is 0 Å². The van der Waals surface area contributed by atoms with E-state index in [2.05, 4.69) is 36.7 Å². The Kier molecular flexibility index (Phi) is 7.07. The van der Waals surface area contributed by atoms with E-state index >= 15 is 0 Å². The van der Waals surface area contributed by atoms with Crippen LogP contribution in [0.4, 0.5) is 26.1 Å². The van der Waals surface area contributed by atoms with E-state index in [0.29, 0.717) is 58.1 Å². The second-order valence-corrected chi connectivity index (χ2v) is 9.94. The highest BCUT2D eigenvalue weighted by atomic mass is 19.3. The van der Waals surface area contributed by atoms with Crippen LogP contribution in [0.1, 0.15) is 19.0 Å². The third-order valence-electron chi connectivity index (χ3n) is 7.14. The summed E-state index contributed by atoms with van der Waals surface area (Å²) < 4.78 is 32.9. The highest BCUT2D eigenvalue weighted by Gasteiger charge is 2.27. The van der Waals surface area contributed by atoms with Gasteiger partial charge in [-0.3, -0.25) is 9.36 Å². The summed E-state index contributed by atoms with van der Waals surface area (Å²) in [6, 6.07) is 11.0. The SMILES string of the molecule is C=CC(=O)N1CCN(c2ccc3ncnc(Nc4ccc(Oc5cnc6c(c5)ncn6C(F)F)c(C)c4)c3n2)C[C@H]1C. The number of aryl methyl sites for hydroxylation is 1. The van der Waals surface area contributed by atoms with Crippen molar-refractivity contribution in [2.75, 3.05) is 29.9 Å². The molecule has 42 heavy (non-hydrogen) atoms. The lowest BCUT2D eigenvalue weighted by molar-refractivity contribution is -0.128. The molecule has 1 amide bonds. The third kappa shape index (κ3) is 5.16. The summed E-state index contributed by atoms with van der Waals surface area (Å²) in [5.41, 5.74) is 3.30. The highest BCUT2D eigenvalue weighted by Crippen LogP contribution is 2.31. The number of carbonyl (C=O) groups excluding carboxylic acids is 1. The normalized spacial score (nSPS) is 15.4. The van der Waals surface area contributed by atoms with E-state index in [9.17, 15) is 13.6 Å². The maximum atomic E-state index is 13.1. The molecule has 1 aliphatic rings. The van der Waals surface area contributed by atoms with E-state index in [1.807, 2.05) is 43.0 Å². The number of rotatable bonds is 7. The van der Waals surface area contributed by atoms with Crippen molar-refractivity contribution in [1.82, 2.24) is 34.4 Å². The van der Waals surface area contributed by atoms with E-state index in [1.54, 1.807) is 12.1 Å². The van der Waals surface area contributed by atoms with Crippen LogP contribution < -0.4 is 15.0 Å². The predicted octanol–water partition coefficient (Wildman–Crippen LogP) is 5.23. The number of benzene rings is 1. The number of nitrogens with zero attached hydrogens (tertiary/aromatic N) is 8. The van der Waals surface area contributed by atoms with E-state index in [0.717, 1.165) is 23.4 Å². The number of anilines is 3. The zero-order valence-electron chi connectivity index (χ0n) is 22.9. The standard InChI is InChI=1S/C29H27F2N9O2/c1-4-25(41)39-10-9-38(14-18(39)3)24-8-6-21-26(37-24)27(34-15-33-21)36-19-5-7-23(17(2)11-19)42-20-12-22-28(32-13-20)40(16-35-22)29(30)31/h4-8,11-13,15-16,18,29H,1,9-10,14H2,2-3H3,(H,33,34,36)/t18-/m1/s1. The minimum Gasteiger partial charge on any atom is -0.455 e. The van der Waals surface area contributed by atoms with Crippen molar-refractivity contribution in [3.05, 3.63) is 73.5 Å². The van der Waals surface area contributed by atoms with Crippen LogP contribution in [0.25, 0.3) is 22.2 Å². The van der Waals surface area contributed by atoms with Gasteiger partial charge < -0.3 is 19.9 Å². The Morgan fingerprint density at radius 1 is 1.12 bits per heavy atom. The van der Waals surface area contributed by atoms with Crippen molar-refractivity contribution in [3.63, 3.8) is 0 Å². The molecule has 5 heterocycles. The van der Waals surface area contributed by atoms with Crippen molar-refractivity contribution in [3.8, 4) is 11.5 Å². The molecule has 0 spiro atoms. The molecule has 13 heteroatoms. The minimum absolute atomic E-state index is 0.0164. The van der Waals surface area contributed by atoms with Gasteiger partial charge in [-0.25, -0.2) is 24.9 Å². The molecule has 0 bridgehead atoms. The molecule has 11 nitrogen and oxygen atoms in total. The average molecular weight is 572 g/mol. The van der Waals surface area contributed by atoms with Gasteiger partial charge in [-0.15, -0.1) is 0 Å². The third-order valence-corrected chi connectivity index (χ3v) is 7.14. The van der Waals surface area contributed by atoms with E-state index < -0.39 is 6.55 Å². The van der Waals surface area contributed by atoms with Crippen molar-refractivity contribution < 1.29 is 18.3 Å². The Bertz CT molecular complexity index is 1810. The van der Waals surface area contributed by atoms with E-state index in [4.69, 9.17) is 9.72 Å². The number of hydrogen-bond acceptors (Lipinski definition) is 9. The van der Waals surface area contributed by atoms with Gasteiger partial charge in [0.15, 0.2) is 11.5 Å². The van der Waals surface area contributed by atoms with Gasteiger partial charge in [0.2, 0.25) is 5.91 Å². The van der Waals surface area contributed by atoms with Gasteiger partial charge in [0.1, 0.15) is 41.0 Å². The molecule has 1 atom stereocenters. The number of ether oxygens (including phenoxy) is 1. The molecule has 0 aliphatic carbocycles. The molecule has 1 saturated heterocycles. The number of alkyl halides is 2. The van der Waals surface area contributed by atoms with Crippen LogP contribution in [0.15, 0.2) is 67.9 Å². The van der Waals surface area contributed by atoms with Crippen molar-refractivity contribution in [2.45, 2.75) is 26.4 Å². The Hall–Kier alpha value is -5.20. The van der Waals surface area contributed by atoms with Crippen molar-refractivity contribution >= 4 is 45.4 Å². The molecule has 1 aliphatic heterocycles. The van der Waals surface area contributed by atoms with Crippen LogP contribution in [-0.4, -0.2) is 66.0 Å². The maximum Gasteiger partial charge on any atom is 0.321 e. The number of fused-ring (bicyclic) bond motifs is 2. The molecule has 4 aromatic heterocycles. The summed E-state index contributed by atoms with van der Waals surface area (Å²) in [5, 5.41) is 3.34. The van der Waals surface area contributed by atoms with Gasteiger partial charge in [0, 0.05) is 37.4 Å². The van der Waals surface area contributed by atoms with Gasteiger partial charge in [0.05, 0.1) is 11.7 Å². The van der Waals surface area contributed by atoms with Gasteiger partial charge in [-0.2, -0.15) is 8.78 Å². The molecular weight excluding hydrogens is 544 g/mol. The topological polar surface area (TPSA) is 114 Å². The number of aromatic nitrogens is 6. The Morgan fingerprint density at radius 3 is 2.74 bits per heavy atom. The van der Waals surface area contributed by atoms with Gasteiger partial charge in [-0.05, 0) is 55.8 Å². The summed E-state index contributed by atoms with van der Waals surface area (Å²) in [6.45, 7) is 6.65. The van der Waals surface area contributed by atoms with Crippen LogP contribution in [-0.2, 0) is 4.79 Å². The molecule has 1 fully saturated rings. The van der Waals surface area contributed by atoms with Gasteiger partial charge in [0.25, 0.3) is 0 Å². The first-order valence-corrected chi connectivity index (χ1v) is 13.3. The minimum atomic E-state index is -2.72. The fourth-order valence-electron chi connectivity index (χ4n) is 5.01. The monoisotopic (exact) mass is 571 g/mol. The summed E-state index contributed by atoms with van der Waals surface area (Å²) >= 11 is 0. The summed E-state index contributed by atoms with van der Waals surface area (Å²) in [6.07, 6.45) is 5.28. The van der Waals surface area contributed by atoms with Crippen LogP contribution in [0.3, 0.4) is 0 Å². The number of imidazole rings is 1. The van der Waals surface area contributed by atoms with E-state index in [1.165, 1.54) is 18.6 Å². The van der Waals surface area contributed by atoms with Crippen molar-refractivity contribution in [1.29, 1.82) is 0 Å². The number of hydrogen-bond donors (Lipinski definition) is 1. The van der Waals surface area contributed by atoms with Crippen LogP contribution in [0.2, 0.25) is 0 Å². The van der Waals surface area contributed by atoms with Crippen LogP contribution >= 0.6 is 0 Å². The smallest absolute Gasteiger partial charge is 0.321 e. The molecule has 1 aromatic carbocycles. The molecule has 5 aromatic rings. The second kappa shape index (κ2) is 11.0. The maximum absolute atomic E-state index is 13.1. The first kappa shape index (κ1) is 27.0. The number of halogens is 2. The molecule has 6 rings (SSSR count). The summed E-state index contributed by atoms with van der Waals surface area (Å²) in [5.74, 6) is 2.22. The Balaban J connectivity index is 1.20. The molecular formula is C29H27F2N9O2. The first-order valence-electron chi connectivity index (χ1n) is 13.3. The number of pyridine rings is 2. The second-order valence-electron chi connectivity index (χ2n) is 9.94. The summed E-state index contributed by atoms with van der Waals surface area (Å²) in [4.78, 5) is 37.9. The van der Waals surface area contributed by atoms with Gasteiger partial charge >= 0.3 is 6.55 Å². The zero-order valence-corrected chi connectivity index (χ0v) is 22.9. The lowest BCUT2D eigenvalue weighted by Gasteiger charge is -2.40. The number of nitrogens with one attached hydrogen (secondary N) is 1.